The zero-order chi connectivity index (χ0) is 20.7. The number of hydrogen-bond acceptors (Lipinski definition) is 8. The average Bonchev–Trinajstić information content (AvgIpc) is 3.15. The van der Waals surface area contributed by atoms with Crippen molar-refractivity contribution in [2.24, 2.45) is 10.9 Å². The highest BCUT2D eigenvalue weighted by molar-refractivity contribution is 7.99. The summed E-state index contributed by atoms with van der Waals surface area (Å²) in [6, 6.07) is 7.98. The van der Waals surface area contributed by atoms with Crippen molar-refractivity contribution in [2.75, 3.05) is 12.9 Å². The van der Waals surface area contributed by atoms with Gasteiger partial charge < -0.3 is 4.74 Å². The standard InChI is InChI=1S/C21H19N5O3S/c1-29-20(28)13-9-15(10-13)26-19(27)17-18(23-7-6-22-17)25-21(26)30-11-14-8-12-4-2-3-5-16(12)24-14/h2-7,13,15H,8-11H2,1H3. The lowest BCUT2D eigenvalue weighted by Gasteiger charge is -2.35. The summed E-state index contributed by atoms with van der Waals surface area (Å²) in [6.07, 6.45) is 4.93. The van der Waals surface area contributed by atoms with E-state index in [0.717, 1.165) is 17.8 Å². The quantitative estimate of drug-likeness (QED) is 0.355. The van der Waals surface area contributed by atoms with E-state index < -0.39 is 0 Å². The van der Waals surface area contributed by atoms with Gasteiger partial charge in [-0.3, -0.25) is 19.1 Å². The Balaban J connectivity index is 1.44. The van der Waals surface area contributed by atoms with Gasteiger partial charge in [0.15, 0.2) is 16.3 Å². The van der Waals surface area contributed by atoms with Gasteiger partial charge in [0.05, 0.1) is 18.7 Å². The maximum Gasteiger partial charge on any atom is 0.308 e. The van der Waals surface area contributed by atoms with Crippen LogP contribution in [0.25, 0.3) is 11.2 Å². The van der Waals surface area contributed by atoms with Gasteiger partial charge in [0.1, 0.15) is 0 Å². The van der Waals surface area contributed by atoms with Gasteiger partial charge in [-0.25, -0.2) is 15.0 Å². The average molecular weight is 421 g/mol. The van der Waals surface area contributed by atoms with Crippen LogP contribution in [-0.4, -0.2) is 44.1 Å². The number of hydrogen-bond donors (Lipinski definition) is 0. The minimum atomic E-state index is -0.236. The number of nitrogens with zero attached hydrogens (tertiary/aromatic N) is 5. The fourth-order valence-electron chi connectivity index (χ4n) is 3.92. The first-order valence-corrected chi connectivity index (χ1v) is 10.7. The van der Waals surface area contributed by atoms with E-state index in [2.05, 4.69) is 21.0 Å². The number of aromatic nitrogens is 4. The molecule has 3 aromatic rings. The van der Waals surface area contributed by atoms with Crippen LogP contribution in [-0.2, 0) is 16.0 Å². The molecule has 1 fully saturated rings. The van der Waals surface area contributed by atoms with Crippen LogP contribution in [0.1, 0.15) is 24.4 Å². The minimum Gasteiger partial charge on any atom is -0.469 e. The van der Waals surface area contributed by atoms with Crippen molar-refractivity contribution in [3.8, 4) is 0 Å². The Morgan fingerprint density at radius 2 is 2.03 bits per heavy atom. The largest absolute Gasteiger partial charge is 0.469 e. The Labute approximate surface area is 176 Å². The molecule has 3 heterocycles. The van der Waals surface area contributed by atoms with Gasteiger partial charge in [-0.15, -0.1) is 0 Å². The number of rotatable bonds is 5. The van der Waals surface area contributed by atoms with Crippen molar-refractivity contribution in [3.05, 3.63) is 52.6 Å². The highest BCUT2D eigenvalue weighted by Crippen LogP contribution is 2.40. The van der Waals surface area contributed by atoms with E-state index in [4.69, 9.17) is 9.73 Å². The van der Waals surface area contributed by atoms with E-state index in [1.807, 2.05) is 18.2 Å². The van der Waals surface area contributed by atoms with Gasteiger partial charge in [-0.1, -0.05) is 30.0 Å². The highest BCUT2D eigenvalue weighted by atomic mass is 32.2. The summed E-state index contributed by atoms with van der Waals surface area (Å²) in [6.45, 7) is 0. The third-order valence-corrected chi connectivity index (χ3v) is 6.58. The molecule has 152 valence electrons. The summed E-state index contributed by atoms with van der Waals surface area (Å²) in [4.78, 5) is 42.7. The van der Waals surface area contributed by atoms with Gasteiger partial charge in [0, 0.05) is 36.3 Å². The molecule has 2 aliphatic rings. The Morgan fingerprint density at radius 3 is 2.83 bits per heavy atom. The fraction of sp³-hybridized carbons (Fsp3) is 0.333. The van der Waals surface area contributed by atoms with Crippen LogP contribution in [0.2, 0.25) is 0 Å². The molecule has 8 nitrogen and oxygen atoms in total. The van der Waals surface area contributed by atoms with Crippen LogP contribution in [0.5, 0.6) is 0 Å². The second kappa shape index (κ2) is 7.64. The number of ether oxygens (including phenoxy) is 1. The van der Waals surface area contributed by atoms with Crippen molar-refractivity contribution in [2.45, 2.75) is 30.5 Å². The minimum absolute atomic E-state index is 0.106. The van der Waals surface area contributed by atoms with Crippen LogP contribution in [0.15, 0.2) is 51.6 Å². The maximum absolute atomic E-state index is 13.2. The molecule has 9 heteroatoms. The number of fused-ring (bicyclic) bond motifs is 2. The second-order valence-corrected chi connectivity index (χ2v) is 8.36. The van der Waals surface area contributed by atoms with Crippen LogP contribution >= 0.6 is 11.8 Å². The topological polar surface area (TPSA) is 99.3 Å². The number of methoxy groups -OCH3 is 1. The molecule has 2 aromatic heterocycles. The lowest BCUT2D eigenvalue weighted by atomic mass is 9.80. The van der Waals surface area contributed by atoms with Crippen LogP contribution < -0.4 is 5.56 Å². The van der Waals surface area contributed by atoms with E-state index in [9.17, 15) is 9.59 Å². The summed E-state index contributed by atoms with van der Waals surface area (Å²) in [5.41, 5.74) is 3.61. The maximum atomic E-state index is 13.2. The van der Waals surface area contributed by atoms with Crippen molar-refractivity contribution in [1.29, 1.82) is 0 Å². The molecule has 1 aromatic carbocycles. The van der Waals surface area contributed by atoms with E-state index in [1.54, 1.807) is 4.57 Å². The SMILES string of the molecule is COC(=O)C1CC(n2c(SCC3=Nc4ccccc4C3)nc3nccnc3c2=O)C1. The molecule has 0 amide bonds. The molecule has 1 aliphatic carbocycles. The number of benzene rings is 1. The van der Waals surface area contributed by atoms with Crippen LogP contribution in [0.3, 0.4) is 0 Å². The molecule has 5 rings (SSSR count). The summed E-state index contributed by atoms with van der Waals surface area (Å²) < 4.78 is 6.50. The smallest absolute Gasteiger partial charge is 0.308 e. The molecule has 0 bridgehead atoms. The van der Waals surface area contributed by atoms with Crippen molar-refractivity contribution >= 4 is 40.3 Å². The first-order chi connectivity index (χ1) is 14.6. The molecule has 1 saturated carbocycles. The number of aliphatic imine (C=N–C) groups is 1. The van der Waals surface area contributed by atoms with Crippen LogP contribution in [0.4, 0.5) is 5.69 Å². The molecule has 0 saturated heterocycles. The Kier molecular flexibility index (Phi) is 4.82. The summed E-state index contributed by atoms with van der Waals surface area (Å²) in [7, 11) is 1.39. The third-order valence-electron chi connectivity index (χ3n) is 5.55. The molecular formula is C21H19N5O3S. The van der Waals surface area contributed by atoms with Crippen molar-refractivity contribution in [3.63, 3.8) is 0 Å². The summed E-state index contributed by atoms with van der Waals surface area (Å²) in [5, 5.41) is 0.583. The molecule has 0 unspecified atom stereocenters. The van der Waals surface area contributed by atoms with E-state index >= 15 is 0 Å². The number of carbonyl (C=O) groups is 1. The predicted molar refractivity (Wildman–Crippen MR) is 113 cm³/mol. The predicted octanol–water partition coefficient (Wildman–Crippen LogP) is 2.73. The first-order valence-electron chi connectivity index (χ1n) is 9.72. The molecule has 30 heavy (non-hydrogen) atoms. The van der Waals surface area contributed by atoms with Gasteiger partial charge in [-0.05, 0) is 24.5 Å². The Hall–Kier alpha value is -3.07. The number of carbonyl (C=O) groups excluding carboxylic acids is 1. The third kappa shape index (κ3) is 3.28. The van der Waals surface area contributed by atoms with E-state index in [0.29, 0.717) is 29.4 Å². The number of esters is 1. The Bertz CT molecular complexity index is 1230. The van der Waals surface area contributed by atoms with Gasteiger partial charge in [0.2, 0.25) is 0 Å². The lowest BCUT2D eigenvalue weighted by molar-refractivity contribution is -0.149. The van der Waals surface area contributed by atoms with E-state index in [-0.39, 0.29) is 29.0 Å². The lowest BCUT2D eigenvalue weighted by Crippen LogP contribution is -2.39. The zero-order valence-corrected chi connectivity index (χ0v) is 17.1. The molecule has 0 N–H and O–H groups in total. The fourth-order valence-corrected chi connectivity index (χ4v) is 4.91. The first kappa shape index (κ1) is 18.9. The number of thioether (sulfide) groups is 1. The zero-order valence-electron chi connectivity index (χ0n) is 16.3. The Morgan fingerprint density at radius 1 is 1.23 bits per heavy atom. The molecule has 0 atom stereocenters. The van der Waals surface area contributed by atoms with Gasteiger partial charge in [-0.2, -0.15) is 0 Å². The van der Waals surface area contributed by atoms with Gasteiger partial charge >= 0.3 is 5.97 Å². The second-order valence-electron chi connectivity index (χ2n) is 7.42. The van der Waals surface area contributed by atoms with Crippen LogP contribution in [0, 0.1) is 5.92 Å². The highest BCUT2D eigenvalue weighted by Gasteiger charge is 2.38. The molecule has 1 aliphatic heterocycles. The molecule has 0 radical (unpaired) electrons. The summed E-state index contributed by atoms with van der Waals surface area (Å²) >= 11 is 1.47. The molecule has 0 spiro atoms. The normalized spacial score (nSPS) is 19.8. The van der Waals surface area contributed by atoms with Crippen molar-refractivity contribution < 1.29 is 9.53 Å². The summed E-state index contributed by atoms with van der Waals surface area (Å²) in [5.74, 6) is 0.205. The monoisotopic (exact) mass is 421 g/mol. The van der Waals surface area contributed by atoms with Crippen molar-refractivity contribution in [1.82, 2.24) is 19.5 Å². The molecular weight excluding hydrogens is 402 g/mol. The van der Waals surface area contributed by atoms with E-state index in [1.165, 1.54) is 36.8 Å². The van der Waals surface area contributed by atoms with Gasteiger partial charge in [0.25, 0.3) is 5.56 Å². The number of para-hydroxylation sites is 1.